The Balaban J connectivity index is 1.37. The molecule has 2 aliphatic carbocycles. The molecule has 0 atom stereocenters. The highest BCUT2D eigenvalue weighted by Gasteiger charge is 2.35. The van der Waals surface area contributed by atoms with E-state index in [0.717, 1.165) is 0 Å². The van der Waals surface area contributed by atoms with Gasteiger partial charge in [0.05, 0.1) is 0 Å². The summed E-state index contributed by atoms with van der Waals surface area (Å²) in [7, 11) is 0. The minimum absolute atomic E-state index is 0.201. The summed E-state index contributed by atoms with van der Waals surface area (Å²) in [6.07, 6.45) is -9.70. The van der Waals surface area contributed by atoms with Gasteiger partial charge in [-0.15, -0.1) is 26.3 Å². The van der Waals surface area contributed by atoms with Crippen LogP contribution in [0.15, 0.2) is 108 Å². The number of hydrogen-bond acceptors (Lipinski definition) is 6. The molecule has 2 aliphatic rings. The summed E-state index contributed by atoms with van der Waals surface area (Å²) in [5, 5.41) is 40.1. The lowest BCUT2D eigenvalue weighted by Crippen LogP contribution is -2.16. The second-order valence-corrected chi connectivity index (χ2v) is 11.6. The molecule has 250 valence electrons. The molecule has 0 bridgehead atoms. The third-order valence-corrected chi connectivity index (χ3v) is 8.64. The molecule has 0 saturated carbocycles. The highest BCUT2D eigenvalue weighted by molar-refractivity contribution is 6.11. The molecule has 0 aromatic heterocycles. The normalized spacial score (nSPS) is 12.3. The van der Waals surface area contributed by atoms with Crippen LogP contribution in [0.3, 0.4) is 0 Å². The molecular formula is C40H16F6N4O2. The zero-order valence-corrected chi connectivity index (χ0v) is 26.1. The average molecular weight is 699 g/mol. The lowest BCUT2D eigenvalue weighted by atomic mass is 9.92. The maximum atomic E-state index is 12.7. The van der Waals surface area contributed by atoms with Crippen molar-refractivity contribution in [2.75, 3.05) is 0 Å². The molecule has 0 aliphatic heterocycles. The maximum Gasteiger partial charge on any atom is 0.573 e. The Bertz CT molecular complexity index is 2370. The Morgan fingerprint density at radius 3 is 1.02 bits per heavy atom. The predicted molar refractivity (Wildman–Crippen MR) is 176 cm³/mol. The van der Waals surface area contributed by atoms with Crippen molar-refractivity contribution in [2.24, 2.45) is 0 Å². The van der Waals surface area contributed by atoms with E-state index < -0.39 is 24.2 Å². The van der Waals surface area contributed by atoms with Crippen LogP contribution in [-0.4, -0.2) is 12.7 Å². The van der Waals surface area contributed by atoms with Crippen LogP contribution in [0.1, 0.15) is 22.3 Å². The number of rotatable bonds is 4. The number of allylic oxidation sites excluding steroid dienone is 2. The van der Waals surface area contributed by atoms with Gasteiger partial charge in [-0.2, -0.15) is 21.0 Å². The van der Waals surface area contributed by atoms with Crippen LogP contribution in [0.2, 0.25) is 0 Å². The SMILES string of the molecule is N#CC(C#N)=C1c2cc(-c3ccc(OC(F)(F)F)cc3)ccc2-c2cc3c(cc21)C(=C(C#N)C#N)c1cc(-c2ccc(OC(F)(F)F)cc2)ccc1-3. The fourth-order valence-electron chi connectivity index (χ4n) is 6.59. The molecule has 6 nitrogen and oxygen atoms in total. The van der Waals surface area contributed by atoms with Crippen molar-refractivity contribution in [3.63, 3.8) is 0 Å². The van der Waals surface area contributed by atoms with Crippen LogP contribution in [0.25, 0.3) is 55.7 Å². The molecule has 5 aromatic rings. The molecule has 0 unspecified atom stereocenters. The number of hydrogen-bond donors (Lipinski definition) is 0. The Hall–Kier alpha value is -7.28. The van der Waals surface area contributed by atoms with Crippen molar-refractivity contribution in [1.29, 1.82) is 21.0 Å². The second kappa shape index (κ2) is 12.2. The van der Waals surface area contributed by atoms with E-state index in [4.69, 9.17) is 0 Å². The highest BCUT2D eigenvalue weighted by atomic mass is 19.4. The molecule has 12 heteroatoms. The molecule has 0 saturated heterocycles. The Morgan fingerprint density at radius 2 is 0.692 bits per heavy atom. The molecule has 0 amide bonds. The molecule has 0 spiro atoms. The quantitative estimate of drug-likeness (QED) is 0.134. The van der Waals surface area contributed by atoms with Gasteiger partial charge in [0.2, 0.25) is 0 Å². The minimum Gasteiger partial charge on any atom is -0.406 e. The molecule has 5 aromatic carbocycles. The van der Waals surface area contributed by atoms with Gasteiger partial charge in [0.25, 0.3) is 0 Å². The highest BCUT2D eigenvalue weighted by Crippen LogP contribution is 2.54. The summed E-state index contributed by atoms with van der Waals surface area (Å²) in [4.78, 5) is 0. The number of fused-ring (bicyclic) bond motifs is 6. The van der Waals surface area contributed by atoms with Gasteiger partial charge in [-0.1, -0.05) is 48.5 Å². The smallest absolute Gasteiger partial charge is 0.406 e. The fraction of sp³-hybridized carbons (Fsp3) is 0.0500. The molecular weight excluding hydrogens is 682 g/mol. The predicted octanol–water partition coefficient (Wildman–Crippen LogP) is 10.5. The molecule has 0 N–H and O–H groups in total. The minimum atomic E-state index is -4.85. The Kier molecular flexibility index (Phi) is 7.82. The molecule has 0 heterocycles. The first kappa shape index (κ1) is 33.2. The maximum absolute atomic E-state index is 12.7. The van der Waals surface area contributed by atoms with Crippen LogP contribution in [0.5, 0.6) is 11.5 Å². The van der Waals surface area contributed by atoms with E-state index in [9.17, 15) is 47.4 Å². The molecule has 0 fully saturated rings. The van der Waals surface area contributed by atoms with Gasteiger partial charge in [-0.05, 0) is 115 Å². The van der Waals surface area contributed by atoms with E-state index in [1.807, 2.05) is 30.3 Å². The summed E-state index contributed by atoms with van der Waals surface area (Å²) < 4.78 is 84.2. The van der Waals surface area contributed by atoms with Crippen LogP contribution in [0.4, 0.5) is 26.3 Å². The van der Waals surface area contributed by atoms with Crippen molar-refractivity contribution in [1.82, 2.24) is 0 Å². The van der Waals surface area contributed by atoms with Crippen molar-refractivity contribution in [3.05, 3.63) is 130 Å². The van der Waals surface area contributed by atoms with E-state index in [1.54, 1.807) is 42.5 Å². The second-order valence-electron chi connectivity index (χ2n) is 11.6. The van der Waals surface area contributed by atoms with Gasteiger partial charge in [0.15, 0.2) is 0 Å². The van der Waals surface area contributed by atoms with Crippen LogP contribution < -0.4 is 9.47 Å². The summed E-state index contributed by atoms with van der Waals surface area (Å²) in [6.45, 7) is 0. The zero-order valence-electron chi connectivity index (χ0n) is 26.1. The van der Waals surface area contributed by atoms with Crippen molar-refractivity contribution in [2.45, 2.75) is 12.7 Å². The monoisotopic (exact) mass is 698 g/mol. The van der Waals surface area contributed by atoms with Gasteiger partial charge in [-0.25, -0.2) is 0 Å². The van der Waals surface area contributed by atoms with Gasteiger partial charge in [0.1, 0.15) is 46.9 Å². The number of nitriles is 4. The van der Waals surface area contributed by atoms with E-state index in [1.165, 1.54) is 48.5 Å². The first-order valence-corrected chi connectivity index (χ1v) is 15.1. The van der Waals surface area contributed by atoms with Gasteiger partial charge in [-0.3, -0.25) is 0 Å². The largest absolute Gasteiger partial charge is 0.573 e. The van der Waals surface area contributed by atoms with Crippen LogP contribution in [-0.2, 0) is 0 Å². The summed E-state index contributed by atoms with van der Waals surface area (Å²) >= 11 is 0. The van der Waals surface area contributed by atoms with E-state index in [0.29, 0.717) is 77.9 Å². The lowest BCUT2D eigenvalue weighted by Gasteiger charge is -2.11. The molecule has 52 heavy (non-hydrogen) atoms. The van der Waals surface area contributed by atoms with E-state index in [2.05, 4.69) is 9.47 Å². The Labute approximate surface area is 291 Å². The van der Waals surface area contributed by atoms with Crippen molar-refractivity contribution >= 4 is 11.1 Å². The third-order valence-electron chi connectivity index (χ3n) is 8.64. The van der Waals surface area contributed by atoms with Crippen LogP contribution >= 0.6 is 0 Å². The van der Waals surface area contributed by atoms with Gasteiger partial charge >= 0.3 is 12.7 Å². The first-order chi connectivity index (χ1) is 24.8. The average Bonchev–Trinajstić information content (AvgIpc) is 3.59. The van der Waals surface area contributed by atoms with Crippen molar-refractivity contribution in [3.8, 4) is 80.3 Å². The number of ether oxygens (including phenoxy) is 2. The summed E-state index contributed by atoms with van der Waals surface area (Å²) in [5.41, 5.74) is 7.26. The summed E-state index contributed by atoms with van der Waals surface area (Å²) in [5.74, 6) is -0.787. The number of alkyl halides is 6. The number of nitrogens with zero attached hydrogens (tertiary/aromatic N) is 4. The number of halogens is 6. The topological polar surface area (TPSA) is 114 Å². The van der Waals surface area contributed by atoms with E-state index >= 15 is 0 Å². The van der Waals surface area contributed by atoms with Gasteiger partial charge in [0, 0.05) is 11.1 Å². The fourth-order valence-corrected chi connectivity index (χ4v) is 6.59. The molecule has 7 rings (SSSR count). The van der Waals surface area contributed by atoms with Gasteiger partial charge < -0.3 is 9.47 Å². The van der Waals surface area contributed by atoms with E-state index in [-0.39, 0.29) is 11.1 Å². The van der Waals surface area contributed by atoms with Crippen LogP contribution in [0, 0.1) is 45.3 Å². The molecule has 0 radical (unpaired) electrons. The number of benzene rings is 5. The Morgan fingerprint density at radius 1 is 0.385 bits per heavy atom. The first-order valence-electron chi connectivity index (χ1n) is 15.1. The van der Waals surface area contributed by atoms with Crippen molar-refractivity contribution < 1.29 is 35.8 Å². The summed E-state index contributed by atoms with van der Waals surface area (Å²) in [6, 6.07) is 32.5. The lowest BCUT2D eigenvalue weighted by molar-refractivity contribution is -0.275. The third kappa shape index (κ3) is 5.85. The standard InChI is InChI=1S/C40H16F6N4O2/c41-39(42,43)51-27-7-1-21(2-8-27)23-5-11-29-31-15-32-30-12-6-24(22-3-9-28(10-4-22)52-40(44,45)46)14-34(30)38(26(19-49)20-50)36(32)16-35(31)37(33(29)13-23)25(17-47)18-48/h1-16H. The zero-order chi connectivity index (χ0) is 36.9.